The Kier molecular flexibility index (Phi) is 46.1. The van der Waals surface area contributed by atoms with Gasteiger partial charge in [-0.1, -0.05) is 247 Å². The first kappa shape index (κ1) is 64.6. The minimum Gasteiger partial charge on any atom is -0.394 e. The maximum atomic E-state index is 13.0. The number of hydrogen-bond donors (Lipinski definition) is 6. The Morgan fingerprint density at radius 3 is 1.33 bits per heavy atom. The van der Waals surface area contributed by atoms with E-state index in [1.54, 1.807) is 0 Å². The van der Waals surface area contributed by atoms with Gasteiger partial charge in [0.1, 0.15) is 24.4 Å². The Morgan fingerprint density at radius 2 is 0.899 bits per heavy atom. The van der Waals surface area contributed by atoms with Crippen LogP contribution >= 0.6 is 0 Å². The maximum absolute atomic E-state index is 13.0. The van der Waals surface area contributed by atoms with Crippen LogP contribution in [0.5, 0.6) is 0 Å². The second-order valence-corrected chi connectivity index (χ2v) is 19.7. The van der Waals surface area contributed by atoms with Crippen molar-refractivity contribution in [3.05, 3.63) is 72.9 Å². The van der Waals surface area contributed by atoms with Gasteiger partial charge in [0.2, 0.25) is 5.91 Å². The van der Waals surface area contributed by atoms with Crippen LogP contribution in [0.25, 0.3) is 0 Å². The van der Waals surface area contributed by atoms with Crippen LogP contribution in [-0.2, 0) is 14.3 Å². The largest absolute Gasteiger partial charge is 0.394 e. The zero-order valence-corrected chi connectivity index (χ0v) is 44.3. The first-order chi connectivity index (χ1) is 33.8. The van der Waals surface area contributed by atoms with Crippen LogP contribution in [0.15, 0.2) is 72.9 Å². The summed E-state index contributed by atoms with van der Waals surface area (Å²) in [5, 5.41) is 54.5. The standard InChI is InChI=1S/C60H107NO8/c1-3-5-7-9-11-13-15-16-17-18-19-20-21-22-23-24-25-26-27-28-29-30-31-32-33-34-35-36-37-38-40-42-44-46-48-50-56(64)61-53(52-68-60-59(67)58(66)57(65)55(51-62)69-60)54(63)49-47-45-43-41-39-14-12-10-8-6-4-2/h5,7,11,13,16-17,19-20,22-23,25-26,53-55,57-60,62-63,65-67H,3-4,6,8-10,12,14-15,18,21,24,27-52H2,1-2H3,(H,61,64)/b7-5-,13-11-,17-16-,20-19-,23-22-,26-25-. The maximum Gasteiger partial charge on any atom is 0.220 e. The van der Waals surface area contributed by atoms with Crippen LogP contribution in [0.2, 0.25) is 0 Å². The summed E-state index contributed by atoms with van der Waals surface area (Å²) in [6.45, 7) is 3.71. The number of aliphatic hydroxyl groups excluding tert-OH is 5. The van der Waals surface area contributed by atoms with Crippen molar-refractivity contribution in [1.82, 2.24) is 5.32 Å². The third kappa shape index (κ3) is 38.9. The van der Waals surface area contributed by atoms with E-state index in [0.717, 1.165) is 77.0 Å². The lowest BCUT2D eigenvalue weighted by Crippen LogP contribution is -2.60. The fourth-order valence-electron chi connectivity index (χ4n) is 8.81. The number of ether oxygens (including phenoxy) is 2. The van der Waals surface area contributed by atoms with Gasteiger partial charge in [0.25, 0.3) is 0 Å². The summed E-state index contributed by atoms with van der Waals surface area (Å²) in [5.74, 6) is -0.146. The van der Waals surface area contributed by atoms with E-state index in [-0.39, 0.29) is 12.5 Å². The van der Waals surface area contributed by atoms with Gasteiger partial charge in [-0.05, 0) is 64.2 Å². The van der Waals surface area contributed by atoms with Gasteiger partial charge in [-0.15, -0.1) is 0 Å². The summed E-state index contributed by atoms with van der Waals surface area (Å²) >= 11 is 0. The Balaban J connectivity index is 2.09. The predicted octanol–water partition coefficient (Wildman–Crippen LogP) is 14.1. The Morgan fingerprint density at radius 1 is 0.507 bits per heavy atom. The predicted molar refractivity (Wildman–Crippen MR) is 290 cm³/mol. The van der Waals surface area contributed by atoms with E-state index in [4.69, 9.17) is 9.47 Å². The molecule has 0 aliphatic carbocycles. The highest BCUT2D eigenvalue weighted by Gasteiger charge is 2.44. The molecule has 1 saturated heterocycles. The molecule has 1 heterocycles. The van der Waals surface area contributed by atoms with Gasteiger partial charge in [0.05, 0.1) is 25.4 Å². The van der Waals surface area contributed by atoms with Crippen LogP contribution in [0.4, 0.5) is 0 Å². The summed E-state index contributed by atoms with van der Waals surface area (Å²) in [4.78, 5) is 13.0. The van der Waals surface area contributed by atoms with Crippen LogP contribution in [-0.4, -0.2) is 87.5 Å². The second kappa shape index (κ2) is 49.2. The zero-order chi connectivity index (χ0) is 50.1. The highest BCUT2D eigenvalue weighted by atomic mass is 16.7. The first-order valence-electron chi connectivity index (χ1n) is 28.6. The molecule has 1 rings (SSSR count). The smallest absolute Gasteiger partial charge is 0.220 e. The average Bonchev–Trinajstić information content (AvgIpc) is 3.35. The molecule has 0 aromatic rings. The third-order valence-corrected chi connectivity index (χ3v) is 13.3. The lowest BCUT2D eigenvalue weighted by atomic mass is 9.99. The number of carbonyl (C=O) groups is 1. The minimum atomic E-state index is -1.55. The Labute approximate surface area is 423 Å². The fraction of sp³-hybridized carbons (Fsp3) is 0.783. The van der Waals surface area contributed by atoms with E-state index < -0.39 is 49.5 Å². The summed E-state index contributed by atoms with van der Waals surface area (Å²) < 4.78 is 11.3. The molecule has 0 aromatic heterocycles. The molecule has 1 aliphatic heterocycles. The molecular weight excluding hydrogens is 863 g/mol. The van der Waals surface area contributed by atoms with Gasteiger partial charge in [0, 0.05) is 6.42 Å². The number of carbonyl (C=O) groups excluding carboxylic acids is 1. The molecule has 0 spiro atoms. The molecule has 0 bridgehead atoms. The fourth-order valence-corrected chi connectivity index (χ4v) is 8.81. The van der Waals surface area contributed by atoms with Crippen LogP contribution < -0.4 is 5.32 Å². The minimum absolute atomic E-state index is 0.138. The van der Waals surface area contributed by atoms with Gasteiger partial charge in [-0.2, -0.15) is 0 Å². The zero-order valence-electron chi connectivity index (χ0n) is 44.3. The summed E-state index contributed by atoms with van der Waals surface area (Å²) in [6.07, 6.45) is 60.9. The van der Waals surface area contributed by atoms with Crippen molar-refractivity contribution in [3.8, 4) is 0 Å². The molecule has 0 radical (unpaired) electrons. The molecular formula is C60H107NO8. The molecule has 0 saturated carbocycles. The number of rotatable bonds is 48. The van der Waals surface area contributed by atoms with Crippen molar-refractivity contribution in [2.45, 2.75) is 288 Å². The molecule has 1 aliphatic rings. The molecule has 0 aromatic carbocycles. The van der Waals surface area contributed by atoms with E-state index in [1.807, 2.05) is 0 Å². The number of amides is 1. The van der Waals surface area contributed by atoms with Gasteiger partial charge in [-0.3, -0.25) is 4.79 Å². The van der Waals surface area contributed by atoms with Crippen molar-refractivity contribution >= 4 is 5.91 Å². The van der Waals surface area contributed by atoms with E-state index in [1.165, 1.54) is 141 Å². The number of aliphatic hydroxyl groups is 5. The third-order valence-electron chi connectivity index (χ3n) is 13.3. The van der Waals surface area contributed by atoms with E-state index >= 15 is 0 Å². The summed E-state index contributed by atoms with van der Waals surface area (Å²) in [7, 11) is 0. The van der Waals surface area contributed by atoms with Crippen LogP contribution in [0, 0.1) is 0 Å². The van der Waals surface area contributed by atoms with Crippen LogP contribution in [0.3, 0.4) is 0 Å². The molecule has 1 amide bonds. The van der Waals surface area contributed by atoms with E-state index in [0.29, 0.717) is 12.8 Å². The number of nitrogens with one attached hydrogen (secondary N) is 1. The molecule has 7 unspecified atom stereocenters. The summed E-state index contributed by atoms with van der Waals surface area (Å²) in [5.41, 5.74) is 0. The normalized spacial score (nSPS) is 20.0. The Bertz CT molecular complexity index is 1310. The monoisotopic (exact) mass is 970 g/mol. The lowest BCUT2D eigenvalue weighted by Gasteiger charge is -2.40. The molecule has 7 atom stereocenters. The quantitative estimate of drug-likeness (QED) is 0.0261. The second-order valence-electron chi connectivity index (χ2n) is 19.7. The van der Waals surface area contributed by atoms with Gasteiger partial charge >= 0.3 is 0 Å². The molecule has 1 fully saturated rings. The molecule has 9 nitrogen and oxygen atoms in total. The highest BCUT2D eigenvalue weighted by Crippen LogP contribution is 2.23. The van der Waals surface area contributed by atoms with E-state index in [2.05, 4.69) is 92.1 Å². The molecule has 6 N–H and O–H groups in total. The summed E-state index contributed by atoms with van der Waals surface area (Å²) in [6, 6.07) is -0.719. The van der Waals surface area contributed by atoms with Crippen molar-refractivity contribution in [2.24, 2.45) is 0 Å². The van der Waals surface area contributed by atoms with Crippen molar-refractivity contribution in [3.63, 3.8) is 0 Å². The van der Waals surface area contributed by atoms with Crippen molar-refractivity contribution in [1.29, 1.82) is 0 Å². The number of unbranched alkanes of at least 4 members (excludes halogenated alkanes) is 26. The Hall–Kier alpha value is -2.37. The van der Waals surface area contributed by atoms with Crippen molar-refractivity contribution < 1.29 is 39.8 Å². The molecule has 69 heavy (non-hydrogen) atoms. The molecule has 400 valence electrons. The molecule has 9 heteroatoms. The SMILES string of the molecule is CC/C=C\C/C=C\C/C=C\C/C=C\C/C=C\C/C=C\CCCCCCCCCCCCCCCCCCC(=O)NC(COC1OC(CO)C(O)C(O)C1O)C(O)CCCCCCCCCCCCC. The van der Waals surface area contributed by atoms with Gasteiger partial charge in [0.15, 0.2) is 6.29 Å². The highest BCUT2D eigenvalue weighted by molar-refractivity contribution is 5.76. The number of allylic oxidation sites excluding steroid dienone is 12. The van der Waals surface area contributed by atoms with Crippen molar-refractivity contribution in [2.75, 3.05) is 13.2 Å². The lowest BCUT2D eigenvalue weighted by molar-refractivity contribution is -0.302. The topological polar surface area (TPSA) is 149 Å². The van der Waals surface area contributed by atoms with E-state index in [9.17, 15) is 30.3 Å². The van der Waals surface area contributed by atoms with Crippen LogP contribution in [0.1, 0.15) is 245 Å². The average molecular weight is 971 g/mol. The van der Waals surface area contributed by atoms with Gasteiger partial charge in [-0.25, -0.2) is 0 Å². The van der Waals surface area contributed by atoms with Gasteiger partial charge < -0.3 is 40.3 Å². The first-order valence-corrected chi connectivity index (χ1v) is 28.6. The number of hydrogen-bond acceptors (Lipinski definition) is 8.